The molecule has 0 bridgehead atoms. The number of carbonyl (C=O) groups excluding carboxylic acids is 3. The van der Waals surface area contributed by atoms with Crippen LogP contribution in [0.15, 0.2) is 42.5 Å². The van der Waals surface area contributed by atoms with Crippen LogP contribution in [0.2, 0.25) is 5.02 Å². The second kappa shape index (κ2) is 10.4. The molecule has 1 heterocycles. The van der Waals surface area contributed by atoms with Gasteiger partial charge in [0.1, 0.15) is 12.4 Å². The highest BCUT2D eigenvalue weighted by Gasteiger charge is 2.31. The van der Waals surface area contributed by atoms with Gasteiger partial charge in [-0.05, 0) is 30.9 Å². The maximum Gasteiger partial charge on any atom is 0.269 e. The zero-order valence-electron chi connectivity index (χ0n) is 18.8. The van der Waals surface area contributed by atoms with Crippen molar-refractivity contribution < 1.29 is 23.9 Å². The molecule has 1 aliphatic carbocycles. The molecule has 0 atom stereocenters. The van der Waals surface area contributed by atoms with Crippen molar-refractivity contribution in [3.63, 3.8) is 0 Å². The summed E-state index contributed by atoms with van der Waals surface area (Å²) >= 11 is 5.79. The number of nitrogens with two attached hydrogens (primary N) is 1. The van der Waals surface area contributed by atoms with E-state index in [1.807, 2.05) is 0 Å². The van der Waals surface area contributed by atoms with Crippen molar-refractivity contribution in [2.75, 3.05) is 13.1 Å². The normalized spacial score (nSPS) is 17.1. The third-order valence-electron chi connectivity index (χ3n) is 6.06. The van der Waals surface area contributed by atoms with Crippen molar-refractivity contribution in [1.29, 1.82) is 0 Å². The summed E-state index contributed by atoms with van der Waals surface area (Å²) in [6.07, 6.45) is 0.662. The summed E-state index contributed by atoms with van der Waals surface area (Å²) in [7, 11) is 0. The molecule has 1 aromatic heterocycles. The van der Waals surface area contributed by atoms with Crippen LogP contribution in [0.4, 0.5) is 4.39 Å². The Morgan fingerprint density at radius 1 is 1.20 bits per heavy atom. The first-order valence-electron chi connectivity index (χ1n) is 11.1. The van der Waals surface area contributed by atoms with Crippen molar-refractivity contribution >= 4 is 40.2 Å². The monoisotopic (exact) mass is 501 g/mol. The molecule has 184 valence electrons. The zero-order valence-corrected chi connectivity index (χ0v) is 19.5. The number of aliphatic hydroxyl groups excluding tert-OH is 1. The number of aromatic nitrogens is 2. The summed E-state index contributed by atoms with van der Waals surface area (Å²) in [6, 6.07) is 11.4. The number of halogens is 2. The standard InChI is InChI=1S/C24H25ClFN5O4/c25-18-6-3-4-15(22(18)26)10-28-20(33)12-30(11-14-8-16(32)9-14)21(34)13-31-19-7-2-1-5-17(19)23(29-31)24(27)35/h1-7,14,16,32H,8-13H2,(H2,27,35)(H,28,33)/t14-,16-. The highest BCUT2D eigenvalue weighted by Crippen LogP contribution is 2.28. The topological polar surface area (TPSA) is 131 Å². The summed E-state index contributed by atoms with van der Waals surface area (Å²) in [5, 5.41) is 16.9. The van der Waals surface area contributed by atoms with Gasteiger partial charge in [0, 0.05) is 24.0 Å². The highest BCUT2D eigenvalue weighted by atomic mass is 35.5. The lowest BCUT2D eigenvalue weighted by Crippen LogP contribution is -2.47. The molecular formula is C24H25ClFN5O4. The maximum atomic E-state index is 14.1. The lowest BCUT2D eigenvalue weighted by Gasteiger charge is -2.35. The molecule has 11 heteroatoms. The number of rotatable bonds is 9. The van der Waals surface area contributed by atoms with Crippen molar-refractivity contribution in [3.05, 3.63) is 64.6 Å². The second-order valence-corrected chi connectivity index (χ2v) is 9.05. The number of benzene rings is 2. The lowest BCUT2D eigenvalue weighted by molar-refractivity contribution is -0.138. The Morgan fingerprint density at radius 2 is 1.94 bits per heavy atom. The minimum atomic E-state index is -0.708. The zero-order chi connectivity index (χ0) is 25.1. The first kappa shape index (κ1) is 24.6. The molecule has 1 saturated carbocycles. The van der Waals surface area contributed by atoms with Crippen LogP contribution in [0.5, 0.6) is 0 Å². The Bertz CT molecular complexity index is 1270. The number of aliphatic hydroxyl groups is 1. The first-order chi connectivity index (χ1) is 16.7. The molecule has 0 unspecified atom stereocenters. The Balaban J connectivity index is 1.47. The number of amides is 3. The molecule has 35 heavy (non-hydrogen) atoms. The van der Waals surface area contributed by atoms with E-state index in [4.69, 9.17) is 17.3 Å². The fraction of sp³-hybridized carbons (Fsp3) is 0.333. The molecule has 4 N–H and O–H groups in total. The number of hydrogen-bond donors (Lipinski definition) is 3. The van der Waals surface area contributed by atoms with Gasteiger partial charge in [0.15, 0.2) is 5.69 Å². The van der Waals surface area contributed by atoms with Gasteiger partial charge >= 0.3 is 0 Å². The van der Waals surface area contributed by atoms with Crippen molar-refractivity contribution in [2.24, 2.45) is 11.7 Å². The minimum Gasteiger partial charge on any atom is -0.393 e. The van der Waals surface area contributed by atoms with Gasteiger partial charge in [0.2, 0.25) is 11.8 Å². The van der Waals surface area contributed by atoms with Crippen LogP contribution in [0.25, 0.3) is 10.9 Å². The van der Waals surface area contributed by atoms with E-state index in [0.717, 1.165) is 0 Å². The van der Waals surface area contributed by atoms with Crippen LogP contribution in [0, 0.1) is 11.7 Å². The van der Waals surface area contributed by atoms with E-state index in [1.54, 1.807) is 30.3 Å². The summed E-state index contributed by atoms with van der Waals surface area (Å²) in [5.41, 5.74) is 6.29. The van der Waals surface area contributed by atoms with E-state index in [0.29, 0.717) is 23.7 Å². The summed E-state index contributed by atoms with van der Waals surface area (Å²) in [6.45, 7) is -0.271. The van der Waals surface area contributed by atoms with Gasteiger partial charge < -0.3 is 21.1 Å². The molecule has 1 aliphatic rings. The quantitative estimate of drug-likeness (QED) is 0.412. The summed E-state index contributed by atoms with van der Waals surface area (Å²) < 4.78 is 15.5. The molecule has 0 saturated heterocycles. The predicted octanol–water partition coefficient (Wildman–Crippen LogP) is 1.84. The average molecular weight is 502 g/mol. The Labute approximate surface area is 205 Å². The molecule has 0 radical (unpaired) electrons. The van der Waals surface area contributed by atoms with Crippen LogP contribution in [-0.2, 0) is 22.7 Å². The van der Waals surface area contributed by atoms with Gasteiger partial charge in [-0.3, -0.25) is 19.1 Å². The third kappa shape index (κ3) is 5.60. The van der Waals surface area contributed by atoms with E-state index in [2.05, 4.69) is 10.4 Å². The van der Waals surface area contributed by atoms with Crippen molar-refractivity contribution in [3.8, 4) is 0 Å². The predicted molar refractivity (Wildman–Crippen MR) is 127 cm³/mol. The van der Waals surface area contributed by atoms with Crippen LogP contribution < -0.4 is 11.1 Å². The van der Waals surface area contributed by atoms with Gasteiger partial charge in [-0.15, -0.1) is 0 Å². The number of primary amides is 1. The van der Waals surface area contributed by atoms with Crippen molar-refractivity contribution in [2.45, 2.75) is 32.0 Å². The molecule has 9 nitrogen and oxygen atoms in total. The molecule has 4 rings (SSSR count). The van der Waals surface area contributed by atoms with Gasteiger partial charge in [-0.25, -0.2) is 4.39 Å². The molecule has 1 fully saturated rings. The number of hydrogen-bond acceptors (Lipinski definition) is 5. The second-order valence-electron chi connectivity index (χ2n) is 8.64. The Kier molecular flexibility index (Phi) is 7.32. The lowest BCUT2D eigenvalue weighted by atomic mass is 9.82. The van der Waals surface area contributed by atoms with E-state index in [9.17, 15) is 23.9 Å². The average Bonchev–Trinajstić information content (AvgIpc) is 3.17. The van der Waals surface area contributed by atoms with E-state index in [1.165, 1.54) is 21.7 Å². The van der Waals surface area contributed by atoms with Crippen LogP contribution >= 0.6 is 11.6 Å². The largest absolute Gasteiger partial charge is 0.393 e. The number of carbonyl (C=O) groups is 3. The Hall–Kier alpha value is -3.50. The molecule has 3 aromatic rings. The number of para-hydroxylation sites is 1. The SMILES string of the molecule is NC(=O)c1nn(CC(=O)N(CC(=O)NCc2cccc(Cl)c2F)C[C@H]2C[C@H](O)C2)c2ccccc12. The van der Waals surface area contributed by atoms with Crippen molar-refractivity contribution in [1.82, 2.24) is 20.0 Å². The fourth-order valence-corrected chi connectivity index (χ4v) is 4.38. The maximum absolute atomic E-state index is 14.1. The fourth-order valence-electron chi connectivity index (χ4n) is 4.18. The molecular weight excluding hydrogens is 477 g/mol. The van der Waals surface area contributed by atoms with Crippen LogP contribution in [0.1, 0.15) is 28.9 Å². The number of nitrogens with zero attached hydrogens (tertiary/aromatic N) is 3. The Morgan fingerprint density at radius 3 is 2.66 bits per heavy atom. The molecule has 3 amide bonds. The minimum absolute atomic E-state index is 0.0427. The van der Waals surface area contributed by atoms with Crippen LogP contribution in [-0.4, -0.2) is 56.7 Å². The molecule has 0 spiro atoms. The third-order valence-corrected chi connectivity index (χ3v) is 6.35. The molecule has 0 aliphatic heterocycles. The van der Waals surface area contributed by atoms with Crippen LogP contribution in [0.3, 0.4) is 0 Å². The number of nitrogens with one attached hydrogen (secondary N) is 1. The smallest absolute Gasteiger partial charge is 0.269 e. The molecule has 2 aromatic carbocycles. The van der Waals surface area contributed by atoms with E-state index in [-0.39, 0.29) is 54.3 Å². The van der Waals surface area contributed by atoms with E-state index < -0.39 is 23.7 Å². The van der Waals surface area contributed by atoms with E-state index >= 15 is 0 Å². The van der Waals surface area contributed by atoms with Gasteiger partial charge in [0.05, 0.1) is 23.2 Å². The first-order valence-corrected chi connectivity index (χ1v) is 11.5. The summed E-state index contributed by atoms with van der Waals surface area (Å²) in [4.78, 5) is 39.1. The van der Waals surface area contributed by atoms with Gasteiger partial charge in [-0.2, -0.15) is 5.10 Å². The van der Waals surface area contributed by atoms with Gasteiger partial charge in [-0.1, -0.05) is 41.9 Å². The number of fused-ring (bicyclic) bond motifs is 1. The summed E-state index contributed by atoms with van der Waals surface area (Å²) in [5.74, 6) is -2.12. The highest BCUT2D eigenvalue weighted by molar-refractivity contribution is 6.30. The van der Waals surface area contributed by atoms with Gasteiger partial charge in [0.25, 0.3) is 5.91 Å².